The normalized spacial score (nSPS) is 10.7. The van der Waals surface area contributed by atoms with Crippen LogP contribution in [0, 0.1) is 0 Å². The number of carbonyl (C=O) groups excluding carboxylic acids is 1. The number of carbonyl (C=O) groups is 1. The molecule has 2 heterocycles. The number of hydrogen-bond donors (Lipinski definition) is 2. The molecule has 0 fully saturated rings. The molecule has 0 aliphatic rings. The molecule has 1 aromatic carbocycles. The summed E-state index contributed by atoms with van der Waals surface area (Å²) < 4.78 is 5.49. The van der Waals surface area contributed by atoms with Gasteiger partial charge < -0.3 is 19.7 Å². The lowest BCUT2D eigenvalue weighted by molar-refractivity contribution is 0.0701. The smallest absolute Gasteiger partial charge is 0.274 e. The van der Waals surface area contributed by atoms with Crippen LogP contribution >= 0.6 is 0 Å². The van der Waals surface area contributed by atoms with Crippen molar-refractivity contribution in [2.75, 3.05) is 19.8 Å². The maximum Gasteiger partial charge on any atom is 0.274 e. The zero-order valence-corrected chi connectivity index (χ0v) is 14.9. The van der Waals surface area contributed by atoms with E-state index in [1.807, 2.05) is 13.0 Å². The van der Waals surface area contributed by atoms with Crippen molar-refractivity contribution in [3.8, 4) is 5.75 Å². The number of aliphatic hydroxyl groups is 1. The molecule has 140 valence electrons. The van der Waals surface area contributed by atoms with Gasteiger partial charge in [-0.05, 0) is 31.2 Å². The van der Waals surface area contributed by atoms with E-state index in [2.05, 4.69) is 15.0 Å². The molecule has 0 saturated heterocycles. The van der Waals surface area contributed by atoms with E-state index in [1.165, 1.54) is 23.5 Å². The number of aromatic nitrogens is 3. The number of hydrogen-bond acceptors (Lipinski definition) is 6. The zero-order chi connectivity index (χ0) is 19.2. The Kier molecular flexibility index (Phi) is 5.77. The maximum absolute atomic E-state index is 12.6. The van der Waals surface area contributed by atoms with Crippen molar-refractivity contribution in [3.63, 3.8) is 0 Å². The minimum Gasteiger partial charge on any atom is -0.494 e. The van der Waals surface area contributed by atoms with Crippen LogP contribution in [0.4, 0.5) is 0 Å². The molecule has 0 radical (unpaired) electrons. The van der Waals surface area contributed by atoms with Crippen molar-refractivity contribution in [1.82, 2.24) is 19.9 Å². The number of rotatable bonds is 7. The Morgan fingerprint density at radius 2 is 2.15 bits per heavy atom. The molecule has 3 rings (SSSR count). The van der Waals surface area contributed by atoms with Gasteiger partial charge in [0.1, 0.15) is 11.4 Å². The van der Waals surface area contributed by atoms with Gasteiger partial charge in [-0.2, -0.15) is 0 Å². The van der Waals surface area contributed by atoms with Crippen molar-refractivity contribution in [2.45, 2.75) is 13.5 Å². The van der Waals surface area contributed by atoms with Crippen LogP contribution in [0.1, 0.15) is 23.0 Å². The minimum atomic E-state index is -0.403. The van der Waals surface area contributed by atoms with Gasteiger partial charge in [0, 0.05) is 35.4 Å². The number of nitrogens with one attached hydrogen (secondary N) is 1. The highest BCUT2D eigenvalue weighted by Crippen LogP contribution is 2.20. The van der Waals surface area contributed by atoms with E-state index in [1.54, 1.807) is 18.2 Å². The molecule has 0 bridgehead atoms. The molecule has 3 aromatic rings. The predicted octanol–water partition coefficient (Wildman–Crippen LogP) is 1.35. The van der Waals surface area contributed by atoms with Gasteiger partial charge in [0.2, 0.25) is 0 Å². The van der Waals surface area contributed by atoms with Crippen LogP contribution in [0.25, 0.3) is 10.9 Å². The Labute approximate surface area is 155 Å². The maximum atomic E-state index is 12.6. The van der Waals surface area contributed by atoms with E-state index in [9.17, 15) is 14.7 Å². The first-order valence-corrected chi connectivity index (χ1v) is 8.57. The molecule has 2 aromatic heterocycles. The number of aromatic amines is 1. The molecule has 0 unspecified atom stereocenters. The Morgan fingerprint density at radius 3 is 2.85 bits per heavy atom. The Balaban J connectivity index is 1.93. The first-order valence-electron chi connectivity index (χ1n) is 8.57. The van der Waals surface area contributed by atoms with E-state index in [0.717, 1.165) is 5.39 Å². The summed E-state index contributed by atoms with van der Waals surface area (Å²) in [6.45, 7) is 2.32. The molecule has 27 heavy (non-hydrogen) atoms. The van der Waals surface area contributed by atoms with Crippen LogP contribution in [0.3, 0.4) is 0 Å². The molecule has 0 spiro atoms. The van der Waals surface area contributed by atoms with E-state index in [0.29, 0.717) is 23.4 Å². The summed E-state index contributed by atoms with van der Waals surface area (Å²) >= 11 is 0. The Bertz CT molecular complexity index is 988. The number of benzene rings is 1. The minimum absolute atomic E-state index is 0.0418. The lowest BCUT2D eigenvalue weighted by Gasteiger charge is -2.21. The Hall–Kier alpha value is -3.26. The van der Waals surface area contributed by atoms with E-state index in [4.69, 9.17) is 4.74 Å². The lowest BCUT2D eigenvalue weighted by Crippen LogP contribution is -2.35. The predicted molar refractivity (Wildman–Crippen MR) is 99.6 cm³/mol. The summed E-state index contributed by atoms with van der Waals surface area (Å²) in [6.07, 6.45) is 4.24. The summed E-state index contributed by atoms with van der Waals surface area (Å²) in [6, 6.07) is 7.13. The van der Waals surface area contributed by atoms with Gasteiger partial charge >= 0.3 is 0 Å². The van der Waals surface area contributed by atoms with Crippen LogP contribution < -0.4 is 10.3 Å². The largest absolute Gasteiger partial charge is 0.494 e. The first-order chi connectivity index (χ1) is 13.1. The van der Waals surface area contributed by atoms with Crippen LogP contribution in [-0.4, -0.2) is 50.6 Å². The fraction of sp³-hybridized carbons (Fsp3) is 0.263. The average Bonchev–Trinajstić information content (AvgIpc) is 2.68. The van der Waals surface area contributed by atoms with Gasteiger partial charge in [0.05, 0.1) is 26.0 Å². The molecule has 2 N–H and O–H groups in total. The molecule has 1 amide bonds. The van der Waals surface area contributed by atoms with Gasteiger partial charge in [-0.1, -0.05) is 0 Å². The second-order valence-corrected chi connectivity index (χ2v) is 5.85. The van der Waals surface area contributed by atoms with Gasteiger partial charge in [-0.15, -0.1) is 0 Å². The summed E-state index contributed by atoms with van der Waals surface area (Å²) in [7, 11) is 0. The van der Waals surface area contributed by atoms with Crippen molar-refractivity contribution in [3.05, 3.63) is 64.5 Å². The highest BCUT2D eigenvalue weighted by molar-refractivity contribution is 5.92. The van der Waals surface area contributed by atoms with Gasteiger partial charge in [-0.25, -0.2) is 4.98 Å². The van der Waals surface area contributed by atoms with Crippen molar-refractivity contribution in [1.29, 1.82) is 0 Å². The van der Waals surface area contributed by atoms with Crippen LogP contribution in [0.2, 0.25) is 0 Å². The number of amides is 1. The number of aliphatic hydroxyl groups excluding tert-OH is 1. The van der Waals surface area contributed by atoms with E-state index < -0.39 is 5.91 Å². The zero-order valence-electron chi connectivity index (χ0n) is 14.9. The first kappa shape index (κ1) is 18.5. The summed E-state index contributed by atoms with van der Waals surface area (Å²) in [5, 5.41) is 10.1. The summed E-state index contributed by atoms with van der Waals surface area (Å²) in [5.74, 6) is 0.297. The fourth-order valence-corrected chi connectivity index (χ4v) is 2.75. The van der Waals surface area contributed by atoms with E-state index >= 15 is 0 Å². The molecule has 0 aliphatic heterocycles. The highest BCUT2D eigenvalue weighted by Gasteiger charge is 2.18. The second-order valence-electron chi connectivity index (χ2n) is 5.85. The topological polar surface area (TPSA) is 108 Å². The molecule has 0 saturated carbocycles. The lowest BCUT2D eigenvalue weighted by atomic mass is 10.1. The second kappa shape index (κ2) is 8.41. The number of pyridine rings is 1. The number of H-pyrrole nitrogens is 1. The average molecular weight is 368 g/mol. The van der Waals surface area contributed by atoms with Crippen molar-refractivity contribution >= 4 is 16.8 Å². The standard InChI is InChI=1S/C19H20N4O4/c1-2-27-15-3-4-16-13(10-15)9-14(18(25)22-16)12-23(7-8-24)19(26)17-11-20-5-6-21-17/h3-6,9-11,24H,2,7-8,12H2,1H3,(H,22,25). The van der Waals surface area contributed by atoms with Crippen molar-refractivity contribution in [2.24, 2.45) is 0 Å². The molecular formula is C19H20N4O4. The third-order valence-electron chi connectivity index (χ3n) is 4.00. The van der Waals surface area contributed by atoms with Gasteiger partial charge in [0.15, 0.2) is 0 Å². The van der Waals surface area contributed by atoms with Crippen LogP contribution in [-0.2, 0) is 6.54 Å². The van der Waals surface area contributed by atoms with Crippen LogP contribution in [0.15, 0.2) is 47.7 Å². The van der Waals surface area contributed by atoms with Crippen LogP contribution in [0.5, 0.6) is 5.75 Å². The molecule has 8 heteroatoms. The highest BCUT2D eigenvalue weighted by atomic mass is 16.5. The summed E-state index contributed by atoms with van der Waals surface area (Å²) in [4.78, 5) is 37.1. The molecule has 0 aliphatic carbocycles. The number of nitrogens with zero attached hydrogens (tertiary/aromatic N) is 3. The number of ether oxygens (including phenoxy) is 1. The summed E-state index contributed by atoms with van der Waals surface area (Å²) in [5.41, 5.74) is 0.950. The quantitative estimate of drug-likeness (QED) is 0.652. The van der Waals surface area contributed by atoms with Gasteiger partial charge in [0.25, 0.3) is 11.5 Å². The third-order valence-corrected chi connectivity index (χ3v) is 4.00. The van der Waals surface area contributed by atoms with Gasteiger partial charge in [-0.3, -0.25) is 14.6 Å². The van der Waals surface area contributed by atoms with E-state index in [-0.39, 0.29) is 30.9 Å². The fourth-order valence-electron chi connectivity index (χ4n) is 2.75. The number of fused-ring (bicyclic) bond motifs is 1. The molecule has 8 nitrogen and oxygen atoms in total. The SMILES string of the molecule is CCOc1ccc2[nH]c(=O)c(CN(CCO)C(=O)c3cnccn3)cc2c1. The third kappa shape index (κ3) is 4.29. The molecule has 0 atom stereocenters. The molecular weight excluding hydrogens is 348 g/mol. The monoisotopic (exact) mass is 368 g/mol. The van der Waals surface area contributed by atoms with Crippen molar-refractivity contribution < 1.29 is 14.6 Å². The Morgan fingerprint density at radius 1 is 1.30 bits per heavy atom.